The summed E-state index contributed by atoms with van der Waals surface area (Å²) in [4.78, 5) is 29.3. The van der Waals surface area contributed by atoms with Crippen molar-refractivity contribution < 1.29 is 9.53 Å². The maximum Gasteiger partial charge on any atom is 0.345 e. The monoisotopic (exact) mass is 401 g/mol. The van der Waals surface area contributed by atoms with E-state index in [0.29, 0.717) is 16.7 Å². The average molecular weight is 402 g/mol. The molecule has 0 spiro atoms. The van der Waals surface area contributed by atoms with E-state index in [1.54, 1.807) is 25.4 Å². The molecule has 27 heavy (non-hydrogen) atoms. The summed E-state index contributed by atoms with van der Waals surface area (Å²) in [6, 6.07) is 9.21. The van der Waals surface area contributed by atoms with Gasteiger partial charge in [-0.1, -0.05) is 35.5 Å². The van der Waals surface area contributed by atoms with Crippen LogP contribution in [0.5, 0.6) is 0 Å². The number of carbonyl (C=O) groups is 1. The Morgan fingerprint density at radius 1 is 1.22 bits per heavy atom. The van der Waals surface area contributed by atoms with Gasteiger partial charge in [-0.15, -0.1) is 0 Å². The summed E-state index contributed by atoms with van der Waals surface area (Å²) in [5.74, 6) is 0.293. The van der Waals surface area contributed by atoms with Crippen molar-refractivity contribution >= 4 is 40.8 Å². The Morgan fingerprint density at radius 2 is 2.00 bits per heavy atom. The van der Waals surface area contributed by atoms with Crippen molar-refractivity contribution in [2.24, 2.45) is 0 Å². The van der Waals surface area contributed by atoms with Crippen LogP contribution in [0.2, 0.25) is 5.15 Å². The molecule has 1 aromatic carbocycles. The summed E-state index contributed by atoms with van der Waals surface area (Å²) >= 11 is 7.53. The zero-order chi connectivity index (χ0) is 19.2. The van der Waals surface area contributed by atoms with E-state index in [0.717, 1.165) is 5.56 Å². The second kappa shape index (κ2) is 8.79. The standard InChI is InChI=1S/C18H16ClN5O2S/c1-3-26-17(25)13-14(19)23-18(27-2)24-16(13)22-12-7-4-6-11(10-12)15-20-8-5-9-21-15/h4-10H,3H2,1-2H3,(H,22,23,24). The van der Waals surface area contributed by atoms with Crippen LogP contribution in [0.15, 0.2) is 47.9 Å². The minimum Gasteiger partial charge on any atom is -0.462 e. The molecule has 3 rings (SSSR count). The van der Waals surface area contributed by atoms with Crippen molar-refractivity contribution in [1.29, 1.82) is 0 Å². The third-order valence-electron chi connectivity index (χ3n) is 3.46. The number of hydrogen-bond donors (Lipinski definition) is 1. The SMILES string of the molecule is CCOC(=O)c1c(Cl)nc(SC)nc1Nc1cccc(-c2ncccn2)c1. The highest BCUT2D eigenvalue weighted by Gasteiger charge is 2.21. The molecule has 7 nitrogen and oxygen atoms in total. The van der Waals surface area contributed by atoms with E-state index < -0.39 is 5.97 Å². The Bertz CT molecular complexity index is 956. The molecule has 0 saturated carbocycles. The van der Waals surface area contributed by atoms with E-state index in [9.17, 15) is 4.79 Å². The summed E-state index contributed by atoms with van der Waals surface area (Å²) in [6.07, 6.45) is 5.18. The van der Waals surface area contributed by atoms with Gasteiger partial charge in [0, 0.05) is 23.6 Å². The van der Waals surface area contributed by atoms with Gasteiger partial charge >= 0.3 is 5.97 Å². The first kappa shape index (κ1) is 19.1. The van der Waals surface area contributed by atoms with Gasteiger partial charge in [0.05, 0.1) is 6.61 Å². The number of carbonyl (C=O) groups excluding carboxylic acids is 1. The number of benzene rings is 1. The highest BCUT2D eigenvalue weighted by Crippen LogP contribution is 2.29. The molecule has 0 fully saturated rings. The molecule has 2 aromatic heterocycles. The largest absolute Gasteiger partial charge is 0.462 e. The summed E-state index contributed by atoms with van der Waals surface area (Å²) < 4.78 is 5.08. The molecule has 0 unspecified atom stereocenters. The number of nitrogens with one attached hydrogen (secondary N) is 1. The van der Waals surface area contributed by atoms with E-state index in [-0.39, 0.29) is 23.1 Å². The zero-order valence-electron chi connectivity index (χ0n) is 14.6. The van der Waals surface area contributed by atoms with E-state index >= 15 is 0 Å². The average Bonchev–Trinajstić information content (AvgIpc) is 2.68. The van der Waals surface area contributed by atoms with Crippen molar-refractivity contribution in [2.45, 2.75) is 12.1 Å². The smallest absolute Gasteiger partial charge is 0.345 e. The van der Waals surface area contributed by atoms with Crippen molar-refractivity contribution in [2.75, 3.05) is 18.2 Å². The number of thioether (sulfide) groups is 1. The Hall–Kier alpha value is -2.71. The molecule has 0 atom stereocenters. The zero-order valence-corrected chi connectivity index (χ0v) is 16.2. The van der Waals surface area contributed by atoms with E-state index in [1.807, 2.05) is 30.5 Å². The Morgan fingerprint density at radius 3 is 2.70 bits per heavy atom. The van der Waals surface area contributed by atoms with E-state index in [2.05, 4.69) is 25.3 Å². The molecule has 1 N–H and O–H groups in total. The Labute approximate surface area is 165 Å². The fourth-order valence-corrected chi connectivity index (χ4v) is 2.96. The molecule has 0 saturated heterocycles. The second-order valence-electron chi connectivity index (χ2n) is 5.22. The lowest BCUT2D eigenvalue weighted by atomic mass is 10.2. The molecule has 3 aromatic rings. The number of rotatable bonds is 6. The fourth-order valence-electron chi connectivity index (χ4n) is 2.30. The number of hydrogen-bond acceptors (Lipinski definition) is 8. The summed E-state index contributed by atoms with van der Waals surface area (Å²) in [5.41, 5.74) is 1.62. The molecule has 0 bridgehead atoms. The van der Waals surface area contributed by atoms with Gasteiger partial charge in [0.15, 0.2) is 16.8 Å². The third kappa shape index (κ3) is 4.53. The molecule has 0 aliphatic heterocycles. The molecule has 0 aliphatic carbocycles. The molecule has 138 valence electrons. The first-order valence-electron chi connectivity index (χ1n) is 8.05. The summed E-state index contributed by atoms with van der Waals surface area (Å²) in [6.45, 7) is 1.94. The highest BCUT2D eigenvalue weighted by atomic mass is 35.5. The van der Waals surface area contributed by atoms with Gasteiger partial charge in [-0.2, -0.15) is 0 Å². The van der Waals surface area contributed by atoms with Crippen LogP contribution >= 0.6 is 23.4 Å². The van der Waals surface area contributed by atoms with Gasteiger partial charge in [-0.3, -0.25) is 0 Å². The second-order valence-corrected chi connectivity index (χ2v) is 6.35. The predicted molar refractivity (Wildman–Crippen MR) is 106 cm³/mol. The number of nitrogens with zero attached hydrogens (tertiary/aromatic N) is 4. The van der Waals surface area contributed by atoms with Gasteiger partial charge in [0.25, 0.3) is 0 Å². The van der Waals surface area contributed by atoms with Crippen molar-refractivity contribution in [3.05, 3.63) is 53.4 Å². The van der Waals surface area contributed by atoms with Crippen LogP contribution in [-0.4, -0.2) is 38.8 Å². The van der Waals surface area contributed by atoms with Gasteiger partial charge < -0.3 is 10.1 Å². The van der Waals surface area contributed by atoms with Gasteiger partial charge in [-0.25, -0.2) is 24.7 Å². The minimum atomic E-state index is -0.583. The van der Waals surface area contributed by atoms with Crippen LogP contribution in [0.3, 0.4) is 0 Å². The highest BCUT2D eigenvalue weighted by molar-refractivity contribution is 7.98. The fraction of sp³-hybridized carbons (Fsp3) is 0.167. The number of aromatic nitrogens is 4. The number of ether oxygens (including phenoxy) is 1. The van der Waals surface area contributed by atoms with E-state index in [1.165, 1.54) is 11.8 Å². The van der Waals surface area contributed by atoms with Crippen molar-refractivity contribution in [1.82, 2.24) is 19.9 Å². The topological polar surface area (TPSA) is 89.9 Å². The number of halogens is 1. The van der Waals surface area contributed by atoms with E-state index in [4.69, 9.17) is 16.3 Å². The Balaban J connectivity index is 2.00. The van der Waals surface area contributed by atoms with Gasteiger partial charge in [-0.05, 0) is 31.4 Å². The molecule has 0 amide bonds. The summed E-state index contributed by atoms with van der Waals surface area (Å²) in [5, 5.41) is 3.61. The van der Waals surface area contributed by atoms with Crippen molar-refractivity contribution in [3.8, 4) is 11.4 Å². The predicted octanol–water partition coefficient (Wildman–Crippen LogP) is 4.23. The normalized spacial score (nSPS) is 10.5. The van der Waals surface area contributed by atoms with Crippen LogP contribution < -0.4 is 5.32 Å². The lowest BCUT2D eigenvalue weighted by Crippen LogP contribution is -2.12. The summed E-state index contributed by atoms with van der Waals surface area (Å²) in [7, 11) is 0. The molecule has 2 heterocycles. The molecular weight excluding hydrogens is 386 g/mol. The van der Waals surface area contributed by atoms with Crippen LogP contribution in [0.4, 0.5) is 11.5 Å². The molecule has 0 radical (unpaired) electrons. The lowest BCUT2D eigenvalue weighted by Gasteiger charge is -2.13. The van der Waals surface area contributed by atoms with Crippen LogP contribution in [-0.2, 0) is 4.74 Å². The van der Waals surface area contributed by atoms with Gasteiger partial charge in [0.2, 0.25) is 0 Å². The van der Waals surface area contributed by atoms with Crippen molar-refractivity contribution in [3.63, 3.8) is 0 Å². The first-order chi connectivity index (χ1) is 13.1. The maximum absolute atomic E-state index is 12.3. The van der Waals surface area contributed by atoms with Crippen LogP contribution in [0, 0.1) is 0 Å². The lowest BCUT2D eigenvalue weighted by molar-refractivity contribution is 0.0526. The van der Waals surface area contributed by atoms with Crippen LogP contribution in [0.25, 0.3) is 11.4 Å². The quantitative estimate of drug-likeness (QED) is 0.284. The first-order valence-corrected chi connectivity index (χ1v) is 9.65. The molecule has 9 heteroatoms. The number of anilines is 2. The molecular formula is C18H16ClN5O2S. The van der Waals surface area contributed by atoms with Gasteiger partial charge in [0.1, 0.15) is 10.7 Å². The van der Waals surface area contributed by atoms with Crippen LogP contribution in [0.1, 0.15) is 17.3 Å². The maximum atomic E-state index is 12.3. The third-order valence-corrected chi connectivity index (χ3v) is 4.28. The number of esters is 1. The Kier molecular flexibility index (Phi) is 6.20. The minimum absolute atomic E-state index is 0.0397. The molecule has 0 aliphatic rings.